The standard InChI is InChI=1S/C16H15ClN4O2S/c17-11-3-5-12(6-4-11)21-8-10(7-13(21)22)14(23)18-16-20-19-15(24-16)9-1-2-9/h3-6,9-10H,1-2,7-8H2,(H,18,20,23)/t10-/m1/s1. The van der Waals surface area contributed by atoms with Gasteiger partial charge < -0.3 is 10.2 Å². The van der Waals surface area contributed by atoms with E-state index in [0.29, 0.717) is 22.6 Å². The zero-order valence-corrected chi connectivity index (χ0v) is 14.3. The summed E-state index contributed by atoms with van der Waals surface area (Å²) in [5, 5.41) is 13.0. The molecule has 1 aliphatic heterocycles. The Bertz CT molecular complexity index is 788. The Morgan fingerprint density at radius 2 is 2.00 bits per heavy atom. The number of hydrogen-bond donors (Lipinski definition) is 1. The van der Waals surface area contributed by atoms with Crippen LogP contribution in [0, 0.1) is 5.92 Å². The van der Waals surface area contributed by atoms with E-state index in [-0.39, 0.29) is 24.2 Å². The van der Waals surface area contributed by atoms with E-state index in [2.05, 4.69) is 15.5 Å². The van der Waals surface area contributed by atoms with Gasteiger partial charge in [-0.15, -0.1) is 10.2 Å². The number of hydrogen-bond acceptors (Lipinski definition) is 5. The van der Waals surface area contributed by atoms with E-state index in [9.17, 15) is 9.59 Å². The number of amides is 2. The minimum atomic E-state index is -0.388. The van der Waals surface area contributed by atoms with Crippen molar-refractivity contribution in [2.45, 2.75) is 25.2 Å². The molecule has 0 radical (unpaired) electrons. The van der Waals surface area contributed by atoms with Crippen molar-refractivity contribution in [3.8, 4) is 0 Å². The van der Waals surface area contributed by atoms with Crippen LogP contribution >= 0.6 is 22.9 Å². The number of carbonyl (C=O) groups excluding carboxylic acids is 2. The van der Waals surface area contributed by atoms with Crippen molar-refractivity contribution in [3.05, 3.63) is 34.3 Å². The van der Waals surface area contributed by atoms with Crippen LogP contribution < -0.4 is 10.2 Å². The van der Waals surface area contributed by atoms with Gasteiger partial charge in [-0.25, -0.2) is 0 Å². The molecule has 24 heavy (non-hydrogen) atoms. The number of carbonyl (C=O) groups is 2. The van der Waals surface area contributed by atoms with Gasteiger partial charge in [0.15, 0.2) is 0 Å². The van der Waals surface area contributed by atoms with Gasteiger partial charge in [0.05, 0.1) is 5.92 Å². The van der Waals surface area contributed by atoms with Gasteiger partial charge in [0.25, 0.3) is 0 Å². The van der Waals surface area contributed by atoms with Crippen LogP contribution in [0.3, 0.4) is 0 Å². The normalized spacial score (nSPS) is 20.5. The molecule has 1 saturated heterocycles. The van der Waals surface area contributed by atoms with Gasteiger partial charge in [0.2, 0.25) is 16.9 Å². The van der Waals surface area contributed by atoms with Crippen molar-refractivity contribution in [2.75, 3.05) is 16.8 Å². The van der Waals surface area contributed by atoms with Gasteiger partial charge in [-0.3, -0.25) is 9.59 Å². The number of nitrogens with zero attached hydrogens (tertiary/aromatic N) is 3. The van der Waals surface area contributed by atoms with Gasteiger partial charge in [-0.1, -0.05) is 22.9 Å². The predicted octanol–water partition coefficient (Wildman–Crippen LogP) is 3.06. The smallest absolute Gasteiger partial charge is 0.231 e. The maximum absolute atomic E-state index is 12.4. The van der Waals surface area contributed by atoms with E-state index in [1.54, 1.807) is 29.2 Å². The molecule has 2 aromatic rings. The molecule has 2 fully saturated rings. The van der Waals surface area contributed by atoms with E-state index in [4.69, 9.17) is 11.6 Å². The average molecular weight is 363 g/mol. The Morgan fingerprint density at radius 3 is 2.71 bits per heavy atom. The maximum atomic E-state index is 12.4. The van der Waals surface area contributed by atoms with Gasteiger partial charge >= 0.3 is 0 Å². The van der Waals surface area contributed by atoms with Crippen molar-refractivity contribution in [2.24, 2.45) is 5.92 Å². The minimum absolute atomic E-state index is 0.0617. The molecule has 1 aromatic carbocycles. The SMILES string of the molecule is O=C(Nc1nnc(C2CC2)s1)[C@@H]1CC(=O)N(c2ccc(Cl)cc2)C1. The van der Waals surface area contributed by atoms with Crippen LogP contribution in [0.15, 0.2) is 24.3 Å². The van der Waals surface area contributed by atoms with Gasteiger partial charge in [-0.05, 0) is 37.1 Å². The third-order valence-corrected chi connectivity index (χ3v) is 5.48. The first-order valence-corrected chi connectivity index (χ1v) is 9.00. The third-order valence-electron chi connectivity index (χ3n) is 4.23. The summed E-state index contributed by atoms with van der Waals surface area (Å²) in [7, 11) is 0. The highest BCUT2D eigenvalue weighted by Gasteiger charge is 2.36. The number of halogens is 1. The molecule has 0 bridgehead atoms. The lowest BCUT2D eigenvalue weighted by Crippen LogP contribution is -2.28. The Kier molecular flexibility index (Phi) is 3.97. The van der Waals surface area contributed by atoms with E-state index in [1.165, 1.54) is 11.3 Å². The van der Waals surface area contributed by atoms with Crippen molar-refractivity contribution < 1.29 is 9.59 Å². The fourth-order valence-corrected chi connectivity index (χ4v) is 3.78. The van der Waals surface area contributed by atoms with Crippen molar-refractivity contribution in [3.63, 3.8) is 0 Å². The van der Waals surface area contributed by atoms with E-state index >= 15 is 0 Å². The number of rotatable bonds is 4. The van der Waals surface area contributed by atoms with Gasteiger partial charge in [-0.2, -0.15) is 0 Å². The topological polar surface area (TPSA) is 75.2 Å². The summed E-state index contributed by atoms with van der Waals surface area (Å²) in [6, 6.07) is 7.04. The summed E-state index contributed by atoms with van der Waals surface area (Å²) in [6.07, 6.45) is 2.49. The monoisotopic (exact) mass is 362 g/mol. The molecule has 1 aliphatic carbocycles. The number of aromatic nitrogens is 2. The summed E-state index contributed by atoms with van der Waals surface area (Å²) in [5.74, 6) is -0.116. The minimum Gasteiger partial charge on any atom is -0.312 e. The molecule has 2 aliphatic rings. The second kappa shape index (κ2) is 6.14. The number of benzene rings is 1. The van der Waals surface area contributed by atoms with E-state index in [1.807, 2.05) is 0 Å². The lowest BCUT2D eigenvalue weighted by Gasteiger charge is -2.16. The molecule has 1 saturated carbocycles. The first-order chi connectivity index (χ1) is 11.6. The molecular weight excluding hydrogens is 348 g/mol. The third kappa shape index (κ3) is 3.14. The van der Waals surface area contributed by atoms with E-state index in [0.717, 1.165) is 23.5 Å². The lowest BCUT2D eigenvalue weighted by molar-refractivity contribution is -0.122. The van der Waals surface area contributed by atoms with Crippen LogP contribution in [0.5, 0.6) is 0 Å². The van der Waals surface area contributed by atoms with Crippen LogP contribution in [-0.2, 0) is 9.59 Å². The molecule has 0 unspecified atom stereocenters. The summed E-state index contributed by atoms with van der Waals surface area (Å²) in [4.78, 5) is 26.3. The largest absolute Gasteiger partial charge is 0.312 e. The molecule has 1 N–H and O–H groups in total. The lowest BCUT2D eigenvalue weighted by atomic mass is 10.1. The summed E-state index contributed by atoms with van der Waals surface area (Å²) >= 11 is 7.30. The first-order valence-electron chi connectivity index (χ1n) is 7.80. The van der Waals surface area contributed by atoms with Crippen molar-refractivity contribution >= 4 is 45.6 Å². The quantitative estimate of drug-likeness (QED) is 0.907. The Balaban J connectivity index is 1.41. The molecule has 8 heteroatoms. The molecule has 2 amide bonds. The highest BCUT2D eigenvalue weighted by atomic mass is 35.5. The first kappa shape index (κ1) is 15.5. The van der Waals surface area contributed by atoms with E-state index < -0.39 is 0 Å². The summed E-state index contributed by atoms with van der Waals surface area (Å²) in [6.45, 7) is 0.362. The Hall–Kier alpha value is -1.99. The molecule has 1 atom stereocenters. The fourth-order valence-electron chi connectivity index (χ4n) is 2.74. The second-order valence-electron chi connectivity index (χ2n) is 6.09. The number of nitrogens with one attached hydrogen (secondary N) is 1. The zero-order chi connectivity index (χ0) is 16.7. The van der Waals surface area contributed by atoms with Crippen LogP contribution in [0.25, 0.3) is 0 Å². The summed E-state index contributed by atoms with van der Waals surface area (Å²) < 4.78 is 0. The highest BCUT2D eigenvalue weighted by Crippen LogP contribution is 2.42. The fraction of sp³-hybridized carbons (Fsp3) is 0.375. The molecule has 6 nitrogen and oxygen atoms in total. The average Bonchev–Trinajstić information content (AvgIpc) is 3.19. The van der Waals surface area contributed by atoms with Gasteiger partial charge in [0, 0.05) is 29.6 Å². The number of anilines is 2. The molecule has 0 spiro atoms. The summed E-state index contributed by atoms with van der Waals surface area (Å²) in [5.41, 5.74) is 0.756. The van der Waals surface area contributed by atoms with Crippen molar-refractivity contribution in [1.29, 1.82) is 0 Å². The van der Waals surface area contributed by atoms with Gasteiger partial charge in [0.1, 0.15) is 5.01 Å². The highest BCUT2D eigenvalue weighted by molar-refractivity contribution is 7.15. The molecule has 124 valence electrons. The Labute approximate surface area is 147 Å². The zero-order valence-electron chi connectivity index (χ0n) is 12.7. The molecule has 1 aromatic heterocycles. The Morgan fingerprint density at radius 1 is 1.25 bits per heavy atom. The van der Waals surface area contributed by atoms with Crippen LogP contribution in [0.4, 0.5) is 10.8 Å². The van der Waals surface area contributed by atoms with Crippen LogP contribution in [-0.4, -0.2) is 28.6 Å². The molecular formula is C16H15ClN4O2S. The molecule has 4 rings (SSSR count). The predicted molar refractivity (Wildman–Crippen MR) is 92.4 cm³/mol. The maximum Gasteiger partial charge on any atom is 0.231 e. The van der Waals surface area contributed by atoms with Crippen LogP contribution in [0.2, 0.25) is 5.02 Å². The van der Waals surface area contributed by atoms with Crippen molar-refractivity contribution in [1.82, 2.24) is 10.2 Å². The second-order valence-corrected chi connectivity index (χ2v) is 7.54. The molecule has 2 heterocycles. The van der Waals surface area contributed by atoms with Crippen LogP contribution in [0.1, 0.15) is 30.2 Å².